The summed E-state index contributed by atoms with van der Waals surface area (Å²) in [5, 5.41) is 7.30. The number of hydrogen-bond acceptors (Lipinski definition) is 5. The molecule has 0 unspecified atom stereocenters. The van der Waals surface area contributed by atoms with Crippen LogP contribution in [0.5, 0.6) is 0 Å². The Balaban J connectivity index is 1.37. The molecule has 1 aromatic heterocycles. The molecular weight excluding hydrogens is 330 g/mol. The van der Waals surface area contributed by atoms with Crippen LogP contribution in [-0.4, -0.2) is 47.7 Å². The first-order valence-electron chi connectivity index (χ1n) is 8.02. The lowest BCUT2D eigenvalue weighted by molar-refractivity contribution is -0.0502. The molecule has 24 heavy (non-hydrogen) atoms. The highest BCUT2D eigenvalue weighted by Gasteiger charge is 2.38. The van der Waals surface area contributed by atoms with Gasteiger partial charge in [0.15, 0.2) is 0 Å². The Bertz CT molecular complexity index is 704. The summed E-state index contributed by atoms with van der Waals surface area (Å²) in [6.45, 7) is 2.31. The van der Waals surface area contributed by atoms with Crippen molar-refractivity contribution in [3.63, 3.8) is 0 Å². The molecule has 2 aromatic rings. The van der Waals surface area contributed by atoms with E-state index in [2.05, 4.69) is 15.4 Å². The molecule has 4 rings (SSSR count). The van der Waals surface area contributed by atoms with Crippen molar-refractivity contribution in [1.82, 2.24) is 15.4 Å². The maximum Gasteiger partial charge on any atom is 0.290 e. The van der Waals surface area contributed by atoms with E-state index in [1.807, 2.05) is 24.3 Å². The minimum Gasteiger partial charge on any atom is -0.371 e. The van der Waals surface area contributed by atoms with Gasteiger partial charge in [0.2, 0.25) is 5.76 Å². The van der Waals surface area contributed by atoms with E-state index < -0.39 is 0 Å². The number of nitrogens with one attached hydrogen (secondary N) is 1. The Hall–Kier alpha value is -1.89. The highest BCUT2D eigenvalue weighted by atomic mass is 35.5. The summed E-state index contributed by atoms with van der Waals surface area (Å²) in [5.74, 6) is 0.0303. The van der Waals surface area contributed by atoms with Gasteiger partial charge in [-0.1, -0.05) is 28.9 Å². The fraction of sp³-hybridized carbons (Fsp3) is 0.412. The average Bonchev–Trinajstić information content (AvgIpc) is 3.24. The smallest absolute Gasteiger partial charge is 0.290 e. The maximum atomic E-state index is 12.1. The van der Waals surface area contributed by atoms with Gasteiger partial charge in [-0.3, -0.25) is 9.69 Å². The van der Waals surface area contributed by atoms with Crippen molar-refractivity contribution in [3.8, 4) is 0 Å². The van der Waals surface area contributed by atoms with Crippen LogP contribution in [0.1, 0.15) is 28.6 Å². The van der Waals surface area contributed by atoms with E-state index in [1.54, 1.807) is 6.07 Å². The number of hydrogen-bond donors (Lipinski definition) is 1. The van der Waals surface area contributed by atoms with E-state index in [0.29, 0.717) is 12.6 Å². The molecule has 6 nitrogen and oxygen atoms in total. The molecule has 126 valence electrons. The van der Waals surface area contributed by atoms with Crippen LogP contribution in [-0.2, 0) is 4.74 Å². The van der Waals surface area contributed by atoms with Crippen molar-refractivity contribution >= 4 is 17.5 Å². The van der Waals surface area contributed by atoms with Crippen molar-refractivity contribution < 1.29 is 14.1 Å². The quantitative estimate of drug-likeness (QED) is 0.922. The highest BCUT2D eigenvalue weighted by Crippen LogP contribution is 2.30. The molecule has 0 radical (unpaired) electrons. The third-order valence-corrected chi connectivity index (χ3v) is 4.91. The average molecular weight is 348 g/mol. The van der Waals surface area contributed by atoms with Gasteiger partial charge in [0.1, 0.15) is 0 Å². The van der Waals surface area contributed by atoms with Crippen LogP contribution < -0.4 is 5.32 Å². The molecule has 1 N–H and O–H groups in total. The van der Waals surface area contributed by atoms with Gasteiger partial charge in [-0.15, -0.1) is 0 Å². The zero-order valence-electron chi connectivity index (χ0n) is 13.0. The second kappa shape index (κ2) is 6.55. The third-order valence-electron chi connectivity index (χ3n) is 4.66. The predicted molar refractivity (Wildman–Crippen MR) is 87.9 cm³/mol. The molecule has 7 heteroatoms. The summed E-state index contributed by atoms with van der Waals surface area (Å²) >= 11 is 5.95. The van der Waals surface area contributed by atoms with Gasteiger partial charge in [0.25, 0.3) is 5.91 Å². The summed E-state index contributed by atoms with van der Waals surface area (Å²) in [4.78, 5) is 14.5. The Morgan fingerprint density at radius 2 is 2.08 bits per heavy atom. The van der Waals surface area contributed by atoms with Crippen molar-refractivity contribution in [1.29, 1.82) is 0 Å². The molecule has 2 aliphatic heterocycles. The molecule has 0 saturated carbocycles. The SMILES string of the molecule is O=C(N[C@@H]1C[C@H]2CO[C@@H](c3ccc(Cl)cc3)CN2C1)c1ccno1. The number of nitrogens with zero attached hydrogens (tertiary/aromatic N) is 2. The number of morpholine rings is 1. The third kappa shape index (κ3) is 3.17. The lowest BCUT2D eigenvalue weighted by atomic mass is 10.1. The largest absolute Gasteiger partial charge is 0.371 e. The van der Waals surface area contributed by atoms with Crippen LogP contribution in [0.3, 0.4) is 0 Å². The molecule has 0 spiro atoms. The molecular formula is C17H18ClN3O3. The number of aromatic nitrogens is 1. The van der Waals surface area contributed by atoms with Crippen LogP contribution in [0.2, 0.25) is 5.02 Å². The minimum atomic E-state index is -0.215. The van der Waals surface area contributed by atoms with E-state index in [-0.39, 0.29) is 23.8 Å². The first-order chi connectivity index (χ1) is 11.7. The molecule has 2 fully saturated rings. The molecule has 1 aromatic carbocycles. The normalized spacial score (nSPS) is 27.0. The second-order valence-electron chi connectivity index (χ2n) is 6.26. The van der Waals surface area contributed by atoms with E-state index >= 15 is 0 Å². The Morgan fingerprint density at radius 3 is 2.83 bits per heavy atom. The standard InChI is InChI=1S/C17H18ClN3O3/c18-12-3-1-11(2-4-12)16-9-21-8-13(7-14(21)10-23-16)20-17(22)15-5-6-19-24-15/h1-6,13-14,16H,7-10H2,(H,20,22)/t13-,14+,16-/m1/s1. The Morgan fingerprint density at radius 1 is 1.25 bits per heavy atom. The van der Waals surface area contributed by atoms with Crippen LogP contribution >= 0.6 is 11.6 Å². The van der Waals surface area contributed by atoms with Gasteiger partial charge >= 0.3 is 0 Å². The van der Waals surface area contributed by atoms with Crippen LogP contribution in [0.15, 0.2) is 41.1 Å². The molecule has 3 heterocycles. The van der Waals surface area contributed by atoms with Gasteiger partial charge in [-0.05, 0) is 24.1 Å². The van der Waals surface area contributed by atoms with Crippen molar-refractivity contribution in [3.05, 3.63) is 52.9 Å². The lowest BCUT2D eigenvalue weighted by Crippen LogP contribution is -2.43. The first kappa shape index (κ1) is 15.6. The van der Waals surface area contributed by atoms with E-state index in [4.69, 9.17) is 20.9 Å². The van der Waals surface area contributed by atoms with Crippen LogP contribution in [0.4, 0.5) is 0 Å². The van der Waals surface area contributed by atoms with Crippen LogP contribution in [0.25, 0.3) is 0 Å². The number of carbonyl (C=O) groups excluding carboxylic acids is 1. The first-order valence-corrected chi connectivity index (χ1v) is 8.39. The second-order valence-corrected chi connectivity index (χ2v) is 6.70. The number of rotatable bonds is 3. The molecule has 0 bridgehead atoms. The van der Waals surface area contributed by atoms with Gasteiger partial charge in [-0.25, -0.2) is 0 Å². The van der Waals surface area contributed by atoms with Crippen molar-refractivity contribution in [2.75, 3.05) is 19.7 Å². The van der Waals surface area contributed by atoms with Crippen molar-refractivity contribution in [2.24, 2.45) is 0 Å². The summed E-state index contributed by atoms with van der Waals surface area (Å²) in [6.07, 6.45) is 2.40. The van der Waals surface area contributed by atoms with E-state index in [9.17, 15) is 4.79 Å². The van der Waals surface area contributed by atoms with Crippen molar-refractivity contribution in [2.45, 2.75) is 24.6 Å². The summed E-state index contributed by atoms with van der Waals surface area (Å²) in [5.41, 5.74) is 1.13. The summed E-state index contributed by atoms with van der Waals surface area (Å²) in [7, 11) is 0. The molecule has 3 atom stereocenters. The van der Waals surface area contributed by atoms with Gasteiger partial charge in [-0.2, -0.15) is 0 Å². The van der Waals surface area contributed by atoms with Gasteiger partial charge in [0.05, 0.1) is 18.9 Å². The molecule has 2 aliphatic rings. The van der Waals surface area contributed by atoms with E-state index in [1.165, 1.54) is 6.20 Å². The fourth-order valence-corrected chi connectivity index (χ4v) is 3.57. The van der Waals surface area contributed by atoms with Gasteiger partial charge in [0, 0.05) is 36.3 Å². The fourth-order valence-electron chi connectivity index (χ4n) is 3.45. The number of halogens is 1. The zero-order chi connectivity index (χ0) is 16.5. The monoisotopic (exact) mass is 347 g/mol. The number of fused-ring (bicyclic) bond motifs is 1. The molecule has 1 amide bonds. The molecule has 0 aliphatic carbocycles. The number of carbonyl (C=O) groups is 1. The summed E-state index contributed by atoms with van der Waals surface area (Å²) < 4.78 is 10.9. The Labute approximate surface area is 144 Å². The maximum absolute atomic E-state index is 12.1. The number of ether oxygens (including phenoxy) is 1. The van der Waals surface area contributed by atoms with Gasteiger partial charge < -0.3 is 14.6 Å². The topological polar surface area (TPSA) is 67.6 Å². The molecule has 2 saturated heterocycles. The van der Waals surface area contributed by atoms with Crippen LogP contribution in [0, 0.1) is 0 Å². The minimum absolute atomic E-state index is 0.0437. The zero-order valence-corrected chi connectivity index (χ0v) is 13.8. The number of benzene rings is 1. The van der Waals surface area contributed by atoms with E-state index in [0.717, 1.165) is 30.1 Å². The number of amides is 1. The highest BCUT2D eigenvalue weighted by molar-refractivity contribution is 6.30. The lowest BCUT2D eigenvalue weighted by Gasteiger charge is -2.35. The summed E-state index contributed by atoms with van der Waals surface area (Å²) in [6, 6.07) is 9.79. The Kier molecular flexibility index (Phi) is 4.26. The predicted octanol–water partition coefficient (Wildman–Crippen LogP) is 2.27.